The maximum absolute atomic E-state index is 12.3. The third-order valence-electron chi connectivity index (χ3n) is 4.19. The van der Waals surface area contributed by atoms with E-state index >= 15 is 0 Å². The van der Waals surface area contributed by atoms with Gasteiger partial charge in [0.05, 0.1) is 24.9 Å². The topological polar surface area (TPSA) is 87.1 Å². The van der Waals surface area contributed by atoms with E-state index in [2.05, 4.69) is 0 Å². The maximum atomic E-state index is 12.3. The molecule has 0 aromatic heterocycles. The summed E-state index contributed by atoms with van der Waals surface area (Å²) in [5.74, 6) is -1.16. The first-order chi connectivity index (χ1) is 13.0. The van der Waals surface area contributed by atoms with Crippen molar-refractivity contribution in [3.8, 4) is 0 Å². The molecule has 0 heterocycles. The van der Waals surface area contributed by atoms with Crippen LogP contribution >= 0.6 is 0 Å². The summed E-state index contributed by atoms with van der Waals surface area (Å²) in [6.45, 7) is 0.699. The van der Waals surface area contributed by atoms with Crippen LogP contribution in [0.2, 0.25) is 0 Å². The highest BCUT2D eigenvalue weighted by molar-refractivity contribution is 5.89. The van der Waals surface area contributed by atoms with Gasteiger partial charge in [0.15, 0.2) is 0 Å². The Morgan fingerprint density at radius 2 is 1.74 bits per heavy atom. The summed E-state index contributed by atoms with van der Waals surface area (Å²) in [7, 11) is 1.62. The zero-order valence-corrected chi connectivity index (χ0v) is 15.4. The Morgan fingerprint density at radius 3 is 2.44 bits per heavy atom. The Kier molecular flexibility index (Phi) is 7.98. The first-order valence-electron chi connectivity index (χ1n) is 8.82. The van der Waals surface area contributed by atoms with Crippen molar-refractivity contribution < 1.29 is 24.5 Å². The predicted octanol–water partition coefficient (Wildman–Crippen LogP) is 2.35. The van der Waals surface area contributed by atoms with Crippen LogP contribution in [0.3, 0.4) is 0 Å². The van der Waals surface area contributed by atoms with Gasteiger partial charge in [-0.1, -0.05) is 48.5 Å². The molecule has 0 saturated carbocycles. The van der Waals surface area contributed by atoms with Crippen LogP contribution in [0.25, 0.3) is 0 Å². The van der Waals surface area contributed by atoms with E-state index in [1.54, 1.807) is 25.2 Å². The SMILES string of the molecule is CN(CC(O)COCc1ccccc1)C(=O)CCc1ccccc1C(=O)O. The highest BCUT2D eigenvalue weighted by Gasteiger charge is 2.16. The van der Waals surface area contributed by atoms with Crippen LogP contribution in [-0.2, 0) is 22.6 Å². The van der Waals surface area contributed by atoms with Gasteiger partial charge in [0.2, 0.25) is 5.91 Å². The molecule has 144 valence electrons. The van der Waals surface area contributed by atoms with Gasteiger partial charge in [0.1, 0.15) is 0 Å². The zero-order chi connectivity index (χ0) is 19.6. The highest BCUT2D eigenvalue weighted by Crippen LogP contribution is 2.12. The lowest BCUT2D eigenvalue weighted by Crippen LogP contribution is -2.36. The number of aryl methyl sites for hydroxylation is 1. The summed E-state index contributed by atoms with van der Waals surface area (Å²) < 4.78 is 5.48. The Labute approximate surface area is 159 Å². The van der Waals surface area contributed by atoms with Crippen LogP contribution in [0.15, 0.2) is 54.6 Å². The number of aliphatic hydroxyl groups excluding tert-OH is 1. The van der Waals surface area contributed by atoms with Crippen LogP contribution in [0.1, 0.15) is 27.9 Å². The van der Waals surface area contributed by atoms with Gasteiger partial charge >= 0.3 is 5.97 Å². The normalized spacial score (nSPS) is 11.8. The number of hydrogen-bond acceptors (Lipinski definition) is 4. The number of aliphatic hydroxyl groups is 1. The maximum Gasteiger partial charge on any atom is 0.335 e. The van der Waals surface area contributed by atoms with Crippen molar-refractivity contribution in [3.63, 3.8) is 0 Å². The molecule has 2 N–H and O–H groups in total. The fraction of sp³-hybridized carbons (Fsp3) is 0.333. The lowest BCUT2D eigenvalue weighted by molar-refractivity contribution is -0.131. The number of carboxylic acid groups (broad SMARTS) is 1. The molecule has 0 bridgehead atoms. The Balaban J connectivity index is 1.74. The summed E-state index contributed by atoms with van der Waals surface area (Å²) in [6.07, 6.45) is -0.265. The number of carbonyl (C=O) groups excluding carboxylic acids is 1. The number of carboxylic acids is 1. The summed E-state index contributed by atoms with van der Waals surface area (Å²) in [5, 5.41) is 19.2. The summed E-state index contributed by atoms with van der Waals surface area (Å²) in [5.41, 5.74) is 1.85. The van der Waals surface area contributed by atoms with Crippen molar-refractivity contribution in [2.75, 3.05) is 20.2 Å². The number of nitrogens with zero attached hydrogens (tertiary/aromatic N) is 1. The molecule has 0 fully saturated rings. The van der Waals surface area contributed by atoms with Gasteiger partial charge in [-0.05, 0) is 23.6 Å². The van der Waals surface area contributed by atoms with Crippen molar-refractivity contribution in [2.24, 2.45) is 0 Å². The van der Waals surface area contributed by atoms with E-state index in [0.717, 1.165) is 5.56 Å². The Morgan fingerprint density at radius 1 is 1.07 bits per heavy atom. The molecule has 2 rings (SSSR count). The van der Waals surface area contributed by atoms with Crippen LogP contribution in [0.4, 0.5) is 0 Å². The van der Waals surface area contributed by atoms with E-state index in [0.29, 0.717) is 18.6 Å². The third kappa shape index (κ3) is 6.84. The minimum Gasteiger partial charge on any atom is -0.478 e. The van der Waals surface area contributed by atoms with E-state index in [9.17, 15) is 19.8 Å². The van der Waals surface area contributed by atoms with Crippen LogP contribution in [-0.4, -0.2) is 53.3 Å². The Hall–Kier alpha value is -2.70. The molecule has 2 aromatic rings. The molecule has 1 unspecified atom stereocenters. The number of aromatic carboxylic acids is 1. The fourth-order valence-corrected chi connectivity index (χ4v) is 2.74. The summed E-state index contributed by atoms with van der Waals surface area (Å²) in [6, 6.07) is 16.3. The standard InChI is InChI=1S/C21H25NO5/c1-22(13-18(23)15-27-14-16-7-3-2-4-8-16)20(24)12-11-17-9-5-6-10-19(17)21(25)26/h2-10,18,23H,11-15H2,1H3,(H,25,26). The lowest BCUT2D eigenvalue weighted by atomic mass is 10.0. The van der Waals surface area contributed by atoms with E-state index in [1.165, 1.54) is 11.0 Å². The summed E-state index contributed by atoms with van der Waals surface area (Å²) in [4.78, 5) is 24.9. The fourth-order valence-electron chi connectivity index (χ4n) is 2.74. The molecule has 0 aliphatic carbocycles. The molecule has 6 heteroatoms. The molecule has 1 atom stereocenters. The number of benzene rings is 2. The molecule has 27 heavy (non-hydrogen) atoms. The van der Waals surface area contributed by atoms with Crippen LogP contribution < -0.4 is 0 Å². The van der Waals surface area contributed by atoms with Crippen molar-refractivity contribution in [3.05, 3.63) is 71.3 Å². The van der Waals surface area contributed by atoms with Crippen molar-refractivity contribution >= 4 is 11.9 Å². The van der Waals surface area contributed by atoms with Gasteiger partial charge in [0.25, 0.3) is 0 Å². The van der Waals surface area contributed by atoms with Gasteiger partial charge in [-0.3, -0.25) is 4.79 Å². The molecule has 0 aliphatic rings. The molecule has 6 nitrogen and oxygen atoms in total. The molecule has 0 saturated heterocycles. The molecular weight excluding hydrogens is 346 g/mol. The minimum absolute atomic E-state index is 0.133. The van der Waals surface area contributed by atoms with Gasteiger partial charge < -0.3 is 19.8 Å². The molecule has 0 spiro atoms. The van der Waals surface area contributed by atoms with E-state index < -0.39 is 12.1 Å². The van der Waals surface area contributed by atoms with Gasteiger partial charge in [0, 0.05) is 20.0 Å². The number of amides is 1. The number of likely N-dealkylation sites (N-methyl/N-ethyl adjacent to an activating group) is 1. The smallest absolute Gasteiger partial charge is 0.335 e. The number of rotatable bonds is 10. The van der Waals surface area contributed by atoms with Crippen molar-refractivity contribution in [2.45, 2.75) is 25.6 Å². The highest BCUT2D eigenvalue weighted by atomic mass is 16.5. The van der Waals surface area contributed by atoms with Crippen molar-refractivity contribution in [1.82, 2.24) is 4.90 Å². The van der Waals surface area contributed by atoms with Crippen LogP contribution in [0, 0.1) is 0 Å². The Bertz CT molecular complexity index is 747. The van der Waals surface area contributed by atoms with Crippen LogP contribution in [0.5, 0.6) is 0 Å². The van der Waals surface area contributed by atoms with E-state index in [1.807, 2.05) is 30.3 Å². The van der Waals surface area contributed by atoms with Crippen molar-refractivity contribution in [1.29, 1.82) is 0 Å². The number of ether oxygens (including phenoxy) is 1. The lowest BCUT2D eigenvalue weighted by Gasteiger charge is -2.21. The predicted molar refractivity (Wildman–Crippen MR) is 101 cm³/mol. The van der Waals surface area contributed by atoms with Gasteiger partial charge in [-0.25, -0.2) is 4.79 Å². The second-order valence-electron chi connectivity index (χ2n) is 6.39. The first-order valence-corrected chi connectivity index (χ1v) is 8.82. The molecule has 0 radical (unpaired) electrons. The van der Waals surface area contributed by atoms with E-state index in [4.69, 9.17) is 4.74 Å². The molecular formula is C21H25NO5. The summed E-state index contributed by atoms with van der Waals surface area (Å²) >= 11 is 0. The largest absolute Gasteiger partial charge is 0.478 e. The third-order valence-corrected chi connectivity index (χ3v) is 4.19. The first kappa shape index (κ1) is 20.6. The monoisotopic (exact) mass is 371 g/mol. The second-order valence-corrected chi connectivity index (χ2v) is 6.39. The molecule has 2 aromatic carbocycles. The zero-order valence-electron chi connectivity index (χ0n) is 15.4. The average molecular weight is 371 g/mol. The average Bonchev–Trinajstić information content (AvgIpc) is 2.67. The van der Waals surface area contributed by atoms with E-state index in [-0.39, 0.29) is 31.0 Å². The van der Waals surface area contributed by atoms with Gasteiger partial charge in [-0.15, -0.1) is 0 Å². The second kappa shape index (κ2) is 10.4. The molecule has 1 amide bonds. The van der Waals surface area contributed by atoms with Gasteiger partial charge in [-0.2, -0.15) is 0 Å². The molecule has 0 aliphatic heterocycles. The number of hydrogen-bond donors (Lipinski definition) is 2. The quantitative estimate of drug-likeness (QED) is 0.669. The minimum atomic E-state index is -1.00. The number of carbonyl (C=O) groups is 2.